The number of hydrogen-bond acceptors (Lipinski definition) is 4. The summed E-state index contributed by atoms with van der Waals surface area (Å²) in [6.45, 7) is 0. The molecule has 1 fully saturated rings. The molecule has 1 atom stereocenters. The number of anilines is 2. The molecule has 2 rings (SSSR count). The van der Waals surface area contributed by atoms with E-state index in [2.05, 4.69) is 5.32 Å². The van der Waals surface area contributed by atoms with Crippen molar-refractivity contribution in [2.24, 2.45) is 0 Å². The van der Waals surface area contributed by atoms with Crippen LogP contribution in [0.1, 0.15) is 12.8 Å². The molecule has 0 aliphatic carbocycles. The molecule has 1 heterocycles. The van der Waals surface area contributed by atoms with Crippen molar-refractivity contribution in [1.82, 2.24) is 0 Å². The zero-order valence-corrected chi connectivity index (χ0v) is 12.8. The van der Waals surface area contributed by atoms with E-state index >= 15 is 0 Å². The van der Waals surface area contributed by atoms with Gasteiger partial charge in [0, 0.05) is 25.8 Å². The van der Waals surface area contributed by atoms with Crippen molar-refractivity contribution in [3.05, 3.63) is 23.2 Å². The van der Waals surface area contributed by atoms with Gasteiger partial charge in [0.2, 0.25) is 0 Å². The Balaban J connectivity index is 2.09. The number of nitrogens with zero attached hydrogens (tertiary/aromatic N) is 1. The van der Waals surface area contributed by atoms with Gasteiger partial charge in [-0.25, -0.2) is 8.42 Å². The van der Waals surface area contributed by atoms with Gasteiger partial charge in [-0.05, 0) is 31.0 Å². The lowest BCUT2D eigenvalue weighted by Gasteiger charge is -2.24. The molecule has 1 N–H and O–H groups in total. The minimum absolute atomic E-state index is 0.0139. The molecule has 1 aliphatic rings. The minimum Gasteiger partial charge on any atom is -0.381 e. The highest BCUT2D eigenvalue weighted by Gasteiger charge is 2.24. The van der Waals surface area contributed by atoms with Crippen LogP contribution in [0.25, 0.3) is 0 Å². The summed E-state index contributed by atoms with van der Waals surface area (Å²) in [7, 11) is 0.978. The molecule has 0 bridgehead atoms. The molecule has 1 aromatic rings. The number of halogens is 1. The van der Waals surface area contributed by atoms with E-state index in [1.165, 1.54) is 0 Å². The highest BCUT2D eigenvalue weighted by atomic mass is 35.5. The van der Waals surface area contributed by atoms with E-state index in [1.54, 1.807) is 0 Å². The first-order chi connectivity index (χ1) is 8.87. The van der Waals surface area contributed by atoms with Crippen LogP contribution >= 0.6 is 11.6 Å². The van der Waals surface area contributed by atoms with Crippen LogP contribution in [0.15, 0.2) is 18.2 Å². The molecule has 1 unspecified atom stereocenters. The molecule has 1 aliphatic heterocycles. The SMILES string of the molecule is CN(C)c1ccc(NC2CCCS(=O)(=O)C2)cc1Cl. The molecule has 1 saturated heterocycles. The topological polar surface area (TPSA) is 49.4 Å². The van der Waals surface area contributed by atoms with E-state index in [9.17, 15) is 8.42 Å². The number of nitrogens with one attached hydrogen (secondary N) is 1. The third-order valence-electron chi connectivity index (χ3n) is 3.26. The Morgan fingerprint density at radius 3 is 2.68 bits per heavy atom. The lowest BCUT2D eigenvalue weighted by atomic mass is 10.1. The molecule has 0 saturated carbocycles. The molecule has 4 nitrogen and oxygen atoms in total. The molecule has 106 valence electrons. The Morgan fingerprint density at radius 1 is 1.37 bits per heavy atom. The van der Waals surface area contributed by atoms with Crippen LogP contribution in [0.5, 0.6) is 0 Å². The molecule has 6 heteroatoms. The second kappa shape index (κ2) is 5.59. The molecular formula is C13H19ClN2O2S. The molecule has 0 spiro atoms. The molecule has 1 aromatic carbocycles. The number of rotatable bonds is 3. The Kier molecular flexibility index (Phi) is 4.26. The highest BCUT2D eigenvalue weighted by Crippen LogP contribution is 2.28. The van der Waals surface area contributed by atoms with Gasteiger partial charge in [0.15, 0.2) is 9.84 Å². The summed E-state index contributed by atoms with van der Waals surface area (Å²) in [6, 6.07) is 5.70. The van der Waals surface area contributed by atoms with Crippen LogP contribution in [0.4, 0.5) is 11.4 Å². The average Bonchev–Trinajstić information content (AvgIpc) is 2.27. The highest BCUT2D eigenvalue weighted by molar-refractivity contribution is 7.91. The smallest absolute Gasteiger partial charge is 0.152 e. The van der Waals surface area contributed by atoms with Crippen LogP contribution in [-0.2, 0) is 9.84 Å². The largest absolute Gasteiger partial charge is 0.381 e. The zero-order valence-electron chi connectivity index (χ0n) is 11.2. The van der Waals surface area contributed by atoms with Gasteiger partial charge in [-0.2, -0.15) is 0 Å². The van der Waals surface area contributed by atoms with Gasteiger partial charge in [0.05, 0.1) is 22.2 Å². The van der Waals surface area contributed by atoms with Crippen molar-refractivity contribution in [2.75, 3.05) is 35.8 Å². The quantitative estimate of drug-likeness (QED) is 0.931. The lowest BCUT2D eigenvalue weighted by Crippen LogP contribution is -2.34. The summed E-state index contributed by atoms with van der Waals surface area (Å²) in [5.41, 5.74) is 1.82. The average molecular weight is 303 g/mol. The summed E-state index contributed by atoms with van der Waals surface area (Å²) in [6.07, 6.45) is 1.61. The van der Waals surface area contributed by atoms with E-state index in [4.69, 9.17) is 11.6 Å². The fourth-order valence-electron chi connectivity index (χ4n) is 2.33. The first kappa shape index (κ1) is 14.5. The third kappa shape index (κ3) is 3.76. The summed E-state index contributed by atoms with van der Waals surface area (Å²) < 4.78 is 23.2. The maximum atomic E-state index is 11.6. The first-order valence-electron chi connectivity index (χ1n) is 6.31. The predicted molar refractivity (Wildman–Crippen MR) is 81.1 cm³/mol. The maximum Gasteiger partial charge on any atom is 0.152 e. The Hall–Kier alpha value is -0.940. The Morgan fingerprint density at radius 2 is 2.11 bits per heavy atom. The normalized spacial score (nSPS) is 21.9. The van der Waals surface area contributed by atoms with Crippen LogP contribution in [-0.4, -0.2) is 40.1 Å². The minimum atomic E-state index is -2.89. The second-order valence-electron chi connectivity index (χ2n) is 5.16. The van der Waals surface area contributed by atoms with E-state index < -0.39 is 9.84 Å². The maximum absolute atomic E-state index is 11.6. The van der Waals surface area contributed by atoms with Crippen LogP contribution in [0, 0.1) is 0 Å². The van der Waals surface area contributed by atoms with Crippen molar-refractivity contribution in [3.8, 4) is 0 Å². The molecular weight excluding hydrogens is 284 g/mol. The van der Waals surface area contributed by atoms with Crippen LogP contribution < -0.4 is 10.2 Å². The van der Waals surface area contributed by atoms with Crippen molar-refractivity contribution >= 4 is 32.8 Å². The van der Waals surface area contributed by atoms with Gasteiger partial charge >= 0.3 is 0 Å². The van der Waals surface area contributed by atoms with Gasteiger partial charge in [-0.15, -0.1) is 0 Å². The van der Waals surface area contributed by atoms with Crippen molar-refractivity contribution in [1.29, 1.82) is 0 Å². The summed E-state index contributed by atoms with van der Waals surface area (Å²) >= 11 is 6.20. The van der Waals surface area contributed by atoms with Crippen LogP contribution in [0.3, 0.4) is 0 Å². The van der Waals surface area contributed by atoms with Gasteiger partial charge in [0.1, 0.15) is 0 Å². The number of benzene rings is 1. The number of sulfone groups is 1. The summed E-state index contributed by atoms with van der Waals surface area (Å²) in [5, 5.41) is 3.92. The van der Waals surface area contributed by atoms with E-state index in [-0.39, 0.29) is 11.8 Å². The predicted octanol–water partition coefficient (Wildman–Crippen LogP) is 2.40. The van der Waals surface area contributed by atoms with Gasteiger partial charge in [-0.1, -0.05) is 11.6 Å². The van der Waals surface area contributed by atoms with Crippen LogP contribution in [0.2, 0.25) is 5.02 Å². The monoisotopic (exact) mass is 302 g/mol. The molecule has 19 heavy (non-hydrogen) atoms. The van der Waals surface area contributed by atoms with E-state index in [1.807, 2.05) is 37.2 Å². The lowest BCUT2D eigenvalue weighted by molar-refractivity contribution is 0.562. The summed E-state index contributed by atoms with van der Waals surface area (Å²) in [5.74, 6) is 0.519. The number of hydrogen-bond donors (Lipinski definition) is 1. The second-order valence-corrected chi connectivity index (χ2v) is 7.79. The third-order valence-corrected chi connectivity index (χ3v) is 5.39. The van der Waals surface area contributed by atoms with E-state index in [0.717, 1.165) is 24.2 Å². The molecule has 0 amide bonds. The van der Waals surface area contributed by atoms with E-state index in [0.29, 0.717) is 10.8 Å². The Bertz CT molecular complexity index is 558. The summed E-state index contributed by atoms with van der Waals surface area (Å²) in [4.78, 5) is 1.94. The fourth-order valence-corrected chi connectivity index (χ4v) is 4.32. The van der Waals surface area contributed by atoms with Crippen molar-refractivity contribution < 1.29 is 8.42 Å². The molecule has 0 aromatic heterocycles. The fraction of sp³-hybridized carbons (Fsp3) is 0.538. The van der Waals surface area contributed by atoms with Crippen molar-refractivity contribution in [3.63, 3.8) is 0 Å². The van der Waals surface area contributed by atoms with Gasteiger partial charge in [0.25, 0.3) is 0 Å². The standard InChI is InChI=1S/C13H19ClN2O2S/c1-16(2)13-6-5-10(8-12(13)14)15-11-4-3-7-19(17,18)9-11/h5-6,8,11,15H,3-4,7,9H2,1-2H3. The van der Waals surface area contributed by atoms with Gasteiger partial charge in [-0.3, -0.25) is 0 Å². The van der Waals surface area contributed by atoms with Crippen molar-refractivity contribution in [2.45, 2.75) is 18.9 Å². The Labute approximate surface area is 119 Å². The van der Waals surface area contributed by atoms with Gasteiger partial charge < -0.3 is 10.2 Å². The molecule has 0 radical (unpaired) electrons. The zero-order chi connectivity index (χ0) is 14.0. The first-order valence-corrected chi connectivity index (χ1v) is 8.51.